The number of nitrogens with zero attached hydrogens (tertiary/aromatic N) is 4. The average molecular weight is 312 g/mol. The highest BCUT2D eigenvalue weighted by Crippen LogP contribution is 2.33. The largest absolute Gasteiger partial charge is 0.296 e. The van der Waals surface area contributed by atoms with E-state index in [9.17, 15) is 4.79 Å². The highest BCUT2D eigenvalue weighted by molar-refractivity contribution is 7.99. The molecule has 21 heavy (non-hydrogen) atoms. The predicted octanol–water partition coefficient (Wildman–Crippen LogP) is 3.30. The normalized spacial score (nSPS) is 11.2. The fourth-order valence-corrected chi connectivity index (χ4v) is 3.85. The van der Waals surface area contributed by atoms with Crippen LogP contribution in [-0.4, -0.2) is 25.6 Å². The number of para-hydroxylation sites is 1. The number of rotatable bonds is 3. The number of hydrogen-bond donors (Lipinski definition) is 0. The summed E-state index contributed by atoms with van der Waals surface area (Å²) < 4.78 is 1.80. The summed E-state index contributed by atoms with van der Waals surface area (Å²) in [7, 11) is 0. The van der Waals surface area contributed by atoms with Crippen molar-refractivity contribution in [3.63, 3.8) is 0 Å². The van der Waals surface area contributed by atoms with Crippen LogP contribution in [0.15, 0.2) is 52.2 Å². The molecule has 0 spiro atoms. The van der Waals surface area contributed by atoms with Crippen molar-refractivity contribution in [3.05, 3.63) is 47.9 Å². The Balaban J connectivity index is 1.86. The fraction of sp³-hybridized carbons (Fsp3) is 0. The molecule has 3 heterocycles. The number of carbonyl (C=O) groups is 1. The van der Waals surface area contributed by atoms with Crippen molar-refractivity contribution in [2.75, 3.05) is 0 Å². The van der Waals surface area contributed by atoms with E-state index in [1.54, 1.807) is 4.40 Å². The van der Waals surface area contributed by atoms with Gasteiger partial charge in [0.15, 0.2) is 11.2 Å². The first-order valence-electron chi connectivity index (χ1n) is 6.15. The molecule has 5 nitrogen and oxygen atoms in total. The predicted molar refractivity (Wildman–Crippen MR) is 82.1 cm³/mol. The van der Waals surface area contributed by atoms with Crippen molar-refractivity contribution in [2.45, 2.75) is 10.1 Å². The molecular formula is C14H8N4OS2. The number of benzene rings is 1. The van der Waals surface area contributed by atoms with Crippen LogP contribution in [-0.2, 0) is 0 Å². The summed E-state index contributed by atoms with van der Waals surface area (Å²) in [6.07, 6.45) is 4.21. The van der Waals surface area contributed by atoms with Gasteiger partial charge in [-0.05, 0) is 17.8 Å². The Labute approximate surface area is 127 Å². The third kappa shape index (κ3) is 2.01. The zero-order valence-corrected chi connectivity index (χ0v) is 12.3. The van der Waals surface area contributed by atoms with Gasteiger partial charge in [-0.2, -0.15) is 0 Å². The van der Waals surface area contributed by atoms with Crippen LogP contribution in [0.2, 0.25) is 0 Å². The molecule has 7 heteroatoms. The molecule has 3 aromatic heterocycles. The van der Waals surface area contributed by atoms with Crippen molar-refractivity contribution < 1.29 is 4.79 Å². The average Bonchev–Trinajstić information content (AvgIpc) is 3.08. The Bertz CT molecular complexity index is 955. The van der Waals surface area contributed by atoms with Crippen molar-refractivity contribution in [1.29, 1.82) is 0 Å². The summed E-state index contributed by atoms with van der Waals surface area (Å²) in [4.78, 5) is 25.2. The summed E-state index contributed by atoms with van der Waals surface area (Å²) in [5.74, 6) is 0. The number of thiazole rings is 1. The molecule has 0 fully saturated rings. The molecule has 0 aliphatic rings. The standard InChI is InChI=1S/C14H8N4OS2/c19-7-11-13(17-14-18(11)5-6-20-14)21-12-9-3-1-2-4-10(9)15-8-16-12/h1-8H. The van der Waals surface area contributed by atoms with Crippen LogP contribution in [0.3, 0.4) is 0 Å². The Morgan fingerprint density at radius 3 is 3.00 bits per heavy atom. The van der Waals surface area contributed by atoms with Crippen LogP contribution in [0.5, 0.6) is 0 Å². The molecule has 102 valence electrons. The summed E-state index contributed by atoms with van der Waals surface area (Å²) >= 11 is 2.89. The second kappa shape index (κ2) is 4.94. The van der Waals surface area contributed by atoms with E-state index < -0.39 is 0 Å². The lowest BCUT2D eigenvalue weighted by Crippen LogP contribution is -1.90. The van der Waals surface area contributed by atoms with Gasteiger partial charge < -0.3 is 0 Å². The number of fused-ring (bicyclic) bond motifs is 2. The lowest BCUT2D eigenvalue weighted by molar-refractivity contribution is 0.111. The zero-order chi connectivity index (χ0) is 14.2. The Hall–Kier alpha value is -2.25. The van der Waals surface area contributed by atoms with Gasteiger partial charge in [0.25, 0.3) is 0 Å². The molecule has 0 amide bonds. The Morgan fingerprint density at radius 2 is 2.10 bits per heavy atom. The van der Waals surface area contributed by atoms with Gasteiger partial charge in [0.2, 0.25) is 0 Å². The van der Waals surface area contributed by atoms with E-state index in [0.29, 0.717) is 10.7 Å². The van der Waals surface area contributed by atoms with Crippen molar-refractivity contribution in [2.24, 2.45) is 0 Å². The third-order valence-corrected chi connectivity index (χ3v) is 4.85. The van der Waals surface area contributed by atoms with Gasteiger partial charge in [0, 0.05) is 17.0 Å². The molecule has 0 saturated heterocycles. The van der Waals surface area contributed by atoms with Crippen molar-refractivity contribution in [3.8, 4) is 0 Å². The number of imidazole rings is 1. The summed E-state index contributed by atoms with van der Waals surface area (Å²) in [6, 6.07) is 7.79. The van der Waals surface area contributed by atoms with E-state index in [1.807, 2.05) is 35.8 Å². The Kier molecular flexibility index (Phi) is 2.94. The highest BCUT2D eigenvalue weighted by atomic mass is 32.2. The number of aldehydes is 1. The maximum Gasteiger partial charge on any atom is 0.195 e. The van der Waals surface area contributed by atoms with E-state index >= 15 is 0 Å². The van der Waals surface area contributed by atoms with Crippen LogP contribution < -0.4 is 0 Å². The Morgan fingerprint density at radius 1 is 1.19 bits per heavy atom. The van der Waals surface area contributed by atoms with E-state index in [2.05, 4.69) is 15.0 Å². The highest BCUT2D eigenvalue weighted by Gasteiger charge is 2.15. The second-order valence-corrected chi connectivity index (χ2v) is 6.12. The monoisotopic (exact) mass is 312 g/mol. The molecule has 0 N–H and O–H groups in total. The van der Waals surface area contributed by atoms with E-state index in [1.165, 1.54) is 29.4 Å². The quantitative estimate of drug-likeness (QED) is 0.429. The molecule has 1 aromatic carbocycles. The number of carbonyl (C=O) groups excluding carboxylic acids is 1. The van der Waals surface area contributed by atoms with Gasteiger partial charge in [-0.1, -0.05) is 18.2 Å². The van der Waals surface area contributed by atoms with Gasteiger partial charge in [-0.3, -0.25) is 9.20 Å². The maximum absolute atomic E-state index is 11.4. The van der Waals surface area contributed by atoms with Crippen LogP contribution in [0, 0.1) is 0 Å². The van der Waals surface area contributed by atoms with Gasteiger partial charge in [-0.25, -0.2) is 15.0 Å². The SMILES string of the molecule is O=Cc1c(Sc2ncnc3ccccc23)nc2sccn12. The van der Waals surface area contributed by atoms with Gasteiger partial charge in [0.1, 0.15) is 22.1 Å². The third-order valence-electron chi connectivity index (χ3n) is 3.08. The zero-order valence-electron chi connectivity index (χ0n) is 10.6. The lowest BCUT2D eigenvalue weighted by Gasteiger charge is -2.02. The first kappa shape index (κ1) is 12.5. The van der Waals surface area contributed by atoms with E-state index in [4.69, 9.17) is 0 Å². The summed E-state index contributed by atoms with van der Waals surface area (Å²) in [6.45, 7) is 0. The van der Waals surface area contributed by atoms with Crippen molar-refractivity contribution in [1.82, 2.24) is 19.4 Å². The van der Waals surface area contributed by atoms with Crippen LogP contribution in [0.25, 0.3) is 15.9 Å². The summed E-state index contributed by atoms with van der Waals surface area (Å²) in [5, 5.41) is 4.33. The molecule has 0 radical (unpaired) electrons. The van der Waals surface area contributed by atoms with E-state index in [-0.39, 0.29) is 0 Å². The van der Waals surface area contributed by atoms with Gasteiger partial charge in [-0.15, -0.1) is 11.3 Å². The summed E-state index contributed by atoms with van der Waals surface area (Å²) in [5.41, 5.74) is 1.43. The van der Waals surface area contributed by atoms with E-state index in [0.717, 1.165) is 27.2 Å². The molecule has 0 saturated carbocycles. The van der Waals surface area contributed by atoms with Gasteiger partial charge >= 0.3 is 0 Å². The molecule has 0 atom stereocenters. The topological polar surface area (TPSA) is 60.2 Å². The molecule has 4 rings (SSSR count). The van der Waals surface area contributed by atoms with Crippen LogP contribution in [0.4, 0.5) is 0 Å². The molecule has 0 aliphatic heterocycles. The van der Waals surface area contributed by atoms with Gasteiger partial charge in [0.05, 0.1) is 5.52 Å². The molecule has 0 bridgehead atoms. The smallest absolute Gasteiger partial charge is 0.195 e. The minimum Gasteiger partial charge on any atom is -0.296 e. The second-order valence-electron chi connectivity index (χ2n) is 4.27. The number of aromatic nitrogens is 4. The van der Waals surface area contributed by atoms with Crippen LogP contribution >= 0.6 is 23.1 Å². The van der Waals surface area contributed by atoms with Crippen molar-refractivity contribution >= 4 is 45.2 Å². The molecule has 0 aliphatic carbocycles. The number of hydrogen-bond acceptors (Lipinski definition) is 6. The minimum atomic E-state index is 0.555. The first-order valence-corrected chi connectivity index (χ1v) is 7.85. The molecule has 4 aromatic rings. The fourth-order valence-electron chi connectivity index (χ4n) is 2.12. The molecule has 0 unspecified atom stereocenters. The van der Waals surface area contributed by atoms with Crippen LogP contribution in [0.1, 0.15) is 10.5 Å². The molecular weight excluding hydrogens is 304 g/mol. The first-order chi connectivity index (χ1) is 10.4. The minimum absolute atomic E-state index is 0.555. The maximum atomic E-state index is 11.4. The lowest BCUT2D eigenvalue weighted by atomic mass is 10.2.